The Bertz CT molecular complexity index is 238. The first-order valence-electron chi connectivity index (χ1n) is 4.50. The Balaban J connectivity index is 2.69. The Labute approximate surface area is 78.2 Å². The summed E-state index contributed by atoms with van der Waals surface area (Å²) in [5.41, 5.74) is 0.978. The van der Waals surface area contributed by atoms with Gasteiger partial charge in [-0.05, 0) is 13.8 Å². The molecule has 0 aromatic carbocycles. The maximum Gasteiger partial charge on any atom is 0.150 e. The molecule has 0 aromatic heterocycles. The zero-order chi connectivity index (χ0) is 10.0. The second kappa shape index (κ2) is 3.87. The van der Waals surface area contributed by atoms with E-state index in [2.05, 4.69) is 5.10 Å². The molecule has 1 N–H and O–H groups in total. The van der Waals surface area contributed by atoms with Gasteiger partial charge in [0.15, 0.2) is 5.78 Å². The van der Waals surface area contributed by atoms with Gasteiger partial charge in [0.2, 0.25) is 0 Å². The Morgan fingerprint density at radius 1 is 1.77 bits per heavy atom. The van der Waals surface area contributed by atoms with Gasteiger partial charge in [0.1, 0.15) is 6.23 Å². The lowest BCUT2D eigenvalue weighted by atomic mass is 10.0. The van der Waals surface area contributed by atoms with E-state index >= 15 is 0 Å². The number of carbonyl (C=O) groups is 1. The monoisotopic (exact) mass is 184 g/mol. The molecule has 0 fully saturated rings. The molecule has 1 heterocycles. The first-order valence-corrected chi connectivity index (χ1v) is 4.50. The average Bonchev–Trinajstić information content (AvgIpc) is 1.99. The minimum atomic E-state index is -0.609. The van der Waals surface area contributed by atoms with E-state index < -0.39 is 6.23 Å². The van der Waals surface area contributed by atoms with Crippen molar-refractivity contribution in [3.63, 3.8) is 0 Å². The Morgan fingerprint density at radius 3 is 2.92 bits per heavy atom. The summed E-state index contributed by atoms with van der Waals surface area (Å²) in [4.78, 5) is 10.8. The van der Waals surface area contributed by atoms with Crippen LogP contribution in [0.1, 0.15) is 27.2 Å². The van der Waals surface area contributed by atoms with Crippen LogP contribution in [0.15, 0.2) is 5.10 Å². The predicted molar refractivity (Wildman–Crippen MR) is 50.3 cm³/mol. The molecule has 0 saturated carbocycles. The normalized spacial score (nSPS) is 28.6. The van der Waals surface area contributed by atoms with Gasteiger partial charge in [-0.2, -0.15) is 5.10 Å². The maximum atomic E-state index is 10.8. The van der Waals surface area contributed by atoms with Crippen LogP contribution in [0.4, 0.5) is 0 Å². The van der Waals surface area contributed by atoms with Gasteiger partial charge in [0.05, 0.1) is 6.54 Å². The molecule has 0 amide bonds. The van der Waals surface area contributed by atoms with Crippen LogP contribution >= 0.6 is 0 Å². The highest BCUT2D eigenvalue weighted by atomic mass is 16.3. The minimum Gasteiger partial charge on any atom is -0.372 e. The second-order valence-corrected chi connectivity index (χ2v) is 3.66. The molecule has 4 nitrogen and oxygen atoms in total. The first kappa shape index (κ1) is 10.2. The van der Waals surface area contributed by atoms with E-state index in [1.54, 1.807) is 0 Å². The highest BCUT2D eigenvalue weighted by Crippen LogP contribution is 2.18. The molecule has 0 aliphatic carbocycles. The SMILES string of the molecule is CC(=O)CN1N=C(C)C(C)CC1O. The molecular formula is C9H16N2O2. The number of Topliss-reactive ketones (excluding diaryl/α,β-unsaturated/α-hetero) is 1. The zero-order valence-corrected chi connectivity index (χ0v) is 8.32. The van der Waals surface area contributed by atoms with Gasteiger partial charge in [-0.1, -0.05) is 6.92 Å². The Morgan fingerprint density at radius 2 is 2.38 bits per heavy atom. The Hall–Kier alpha value is -0.900. The maximum absolute atomic E-state index is 10.8. The van der Waals surface area contributed by atoms with Crippen molar-refractivity contribution in [1.82, 2.24) is 5.01 Å². The zero-order valence-electron chi connectivity index (χ0n) is 8.32. The molecule has 1 aliphatic rings. The predicted octanol–water partition coefficient (Wildman–Crippen LogP) is 0.612. The van der Waals surface area contributed by atoms with Crippen LogP contribution in [0.25, 0.3) is 0 Å². The molecule has 1 aliphatic heterocycles. The first-order chi connectivity index (χ1) is 6.00. The molecule has 0 saturated heterocycles. The molecule has 4 heteroatoms. The number of nitrogens with zero attached hydrogens (tertiary/aromatic N) is 2. The van der Waals surface area contributed by atoms with Crippen molar-refractivity contribution in [3.05, 3.63) is 0 Å². The van der Waals surface area contributed by atoms with Gasteiger partial charge >= 0.3 is 0 Å². The van der Waals surface area contributed by atoms with E-state index in [9.17, 15) is 9.90 Å². The molecule has 1 rings (SSSR count). The average molecular weight is 184 g/mol. The van der Waals surface area contributed by atoms with E-state index in [1.165, 1.54) is 11.9 Å². The molecular weight excluding hydrogens is 168 g/mol. The topological polar surface area (TPSA) is 52.9 Å². The number of hydrogen-bond donors (Lipinski definition) is 1. The third-order valence-corrected chi connectivity index (χ3v) is 2.29. The summed E-state index contributed by atoms with van der Waals surface area (Å²) in [6.45, 7) is 5.64. The molecule has 74 valence electrons. The number of carbonyl (C=O) groups excluding carboxylic acids is 1. The smallest absolute Gasteiger partial charge is 0.150 e. The summed E-state index contributed by atoms with van der Waals surface area (Å²) < 4.78 is 0. The third-order valence-electron chi connectivity index (χ3n) is 2.29. The standard InChI is InChI=1S/C9H16N2O2/c1-6-4-9(13)11(5-7(2)12)10-8(6)3/h6,9,13H,4-5H2,1-3H3. The van der Waals surface area contributed by atoms with Crippen molar-refractivity contribution in [2.45, 2.75) is 33.4 Å². The van der Waals surface area contributed by atoms with Crippen LogP contribution in [0, 0.1) is 5.92 Å². The Kier molecular flexibility index (Phi) is 3.03. The fraction of sp³-hybridized carbons (Fsp3) is 0.778. The van der Waals surface area contributed by atoms with Crippen molar-refractivity contribution in [3.8, 4) is 0 Å². The van der Waals surface area contributed by atoms with E-state index in [4.69, 9.17) is 0 Å². The highest BCUT2D eigenvalue weighted by Gasteiger charge is 2.24. The van der Waals surface area contributed by atoms with E-state index in [0.717, 1.165) is 5.71 Å². The van der Waals surface area contributed by atoms with Gasteiger partial charge in [-0.15, -0.1) is 0 Å². The number of hydrogen-bond acceptors (Lipinski definition) is 4. The third kappa shape index (κ3) is 2.52. The van der Waals surface area contributed by atoms with Crippen molar-refractivity contribution in [1.29, 1.82) is 0 Å². The fourth-order valence-corrected chi connectivity index (χ4v) is 1.35. The number of hydrazone groups is 1. The molecule has 0 spiro atoms. The van der Waals surface area contributed by atoms with Crippen LogP contribution < -0.4 is 0 Å². The second-order valence-electron chi connectivity index (χ2n) is 3.66. The number of aliphatic hydroxyl groups excluding tert-OH is 1. The number of ketones is 1. The summed E-state index contributed by atoms with van der Waals surface area (Å²) in [6, 6.07) is 0. The summed E-state index contributed by atoms with van der Waals surface area (Å²) in [6.07, 6.45) is 0.0467. The van der Waals surface area contributed by atoms with E-state index in [1.807, 2.05) is 13.8 Å². The van der Waals surface area contributed by atoms with Crippen LogP contribution in [0.5, 0.6) is 0 Å². The van der Waals surface area contributed by atoms with Gasteiger partial charge < -0.3 is 5.11 Å². The highest BCUT2D eigenvalue weighted by molar-refractivity contribution is 5.85. The molecule has 13 heavy (non-hydrogen) atoms. The number of rotatable bonds is 2. The molecule has 2 atom stereocenters. The summed E-state index contributed by atoms with van der Waals surface area (Å²) >= 11 is 0. The quantitative estimate of drug-likeness (QED) is 0.684. The van der Waals surface area contributed by atoms with Gasteiger partial charge in [-0.25, -0.2) is 0 Å². The summed E-state index contributed by atoms with van der Waals surface area (Å²) in [7, 11) is 0. The van der Waals surface area contributed by atoms with Crippen LogP contribution in [0.2, 0.25) is 0 Å². The minimum absolute atomic E-state index is 0.0187. The van der Waals surface area contributed by atoms with Crippen molar-refractivity contribution >= 4 is 11.5 Å². The molecule has 0 radical (unpaired) electrons. The lowest BCUT2D eigenvalue weighted by Crippen LogP contribution is -2.41. The van der Waals surface area contributed by atoms with Crippen LogP contribution in [-0.2, 0) is 4.79 Å². The fourth-order valence-electron chi connectivity index (χ4n) is 1.35. The molecule has 0 aromatic rings. The number of aliphatic hydroxyl groups is 1. The van der Waals surface area contributed by atoms with Crippen molar-refractivity contribution in [2.24, 2.45) is 11.0 Å². The van der Waals surface area contributed by atoms with Gasteiger partial charge in [0.25, 0.3) is 0 Å². The molecule has 2 unspecified atom stereocenters. The molecule has 0 bridgehead atoms. The van der Waals surface area contributed by atoms with Gasteiger partial charge in [0, 0.05) is 18.1 Å². The van der Waals surface area contributed by atoms with Crippen molar-refractivity contribution < 1.29 is 9.90 Å². The lowest BCUT2D eigenvalue weighted by Gasteiger charge is -2.32. The summed E-state index contributed by atoms with van der Waals surface area (Å²) in [5, 5.41) is 15.2. The summed E-state index contributed by atoms with van der Waals surface area (Å²) in [5.74, 6) is 0.323. The lowest BCUT2D eigenvalue weighted by molar-refractivity contribution is -0.121. The van der Waals surface area contributed by atoms with Crippen LogP contribution in [-0.4, -0.2) is 34.4 Å². The van der Waals surface area contributed by atoms with Crippen LogP contribution in [0.3, 0.4) is 0 Å². The van der Waals surface area contributed by atoms with E-state index in [-0.39, 0.29) is 12.3 Å². The van der Waals surface area contributed by atoms with Crippen molar-refractivity contribution in [2.75, 3.05) is 6.54 Å². The van der Waals surface area contributed by atoms with E-state index in [0.29, 0.717) is 12.3 Å². The van der Waals surface area contributed by atoms with Gasteiger partial charge in [-0.3, -0.25) is 9.80 Å². The largest absolute Gasteiger partial charge is 0.372 e.